The fourth-order valence-corrected chi connectivity index (χ4v) is 9.08. The zero-order valence-electron chi connectivity index (χ0n) is 35.2. The third-order valence-electron chi connectivity index (χ3n) is 12.5. The van der Waals surface area contributed by atoms with Crippen LogP contribution < -0.4 is 9.80 Å². The van der Waals surface area contributed by atoms with E-state index in [2.05, 4.69) is 209 Å². The maximum absolute atomic E-state index is 4.83. The quantitative estimate of drug-likeness (QED) is 0.146. The zero-order chi connectivity index (χ0) is 40.3. The lowest BCUT2D eigenvalue weighted by molar-refractivity contribution is 0.641. The van der Waals surface area contributed by atoms with Crippen LogP contribution in [0.3, 0.4) is 0 Å². The second-order valence-electron chi connectivity index (χ2n) is 17.5. The molecule has 3 heterocycles. The van der Waals surface area contributed by atoms with Crippen molar-refractivity contribution in [1.29, 1.82) is 0 Å². The van der Waals surface area contributed by atoms with E-state index in [9.17, 15) is 0 Å². The molecule has 0 fully saturated rings. The van der Waals surface area contributed by atoms with Gasteiger partial charge in [0.2, 0.25) is 0 Å². The van der Waals surface area contributed by atoms with Gasteiger partial charge in [-0.2, -0.15) is 0 Å². The minimum Gasteiger partial charge on any atom is -0.321 e. The Morgan fingerprint density at radius 1 is 0.517 bits per heavy atom. The molecular formula is C54H54N4. The Bertz CT molecular complexity index is 2740. The van der Waals surface area contributed by atoms with Gasteiger partial charge in [-0.05, 0) is 117 Å². The topological polar surface area (TPSA) is 24.3 Å². The number of benzene rings is 6. The van der Waals surface area contributed by atoms with Gasteiger partial charge in [0.05, 0.1) is 22.4 Å². The molecule has 58 heavy (non-hydrogen) atoms. The van der Waals surface area contributed by atoms with Crippen molar-refractivity contribution in [3.05, 3.63) is 180 Å². The molecule has 0 amide bonds. The monoisotopic (exact) mass is 758 g/mol. The molecule has 8 aromatic rings. The molecule has 0 spiro atoms. The van der Waals surface area contributed by atoms with Crippen molar-refractivity contribution in [3.63, 3.8) is 0 Å². The Hall–Kier alpha value is -6.13. The molecule has 0 bridgehead atoms. The van der Waals surface area contributed by atoms with E-state index in [0.717, 1.165) is 12.5 Å². The Kier molecular flexibility index (Phi) is 9.47. The summed E-state index contributed by atoms with van der Waals surface area (Å²) in [4.78, 5) is 9.79. The molecule has 4 nitrogen and oxygen atoms in total. The molecule has 0 atom stereocenters. The molecule has 0 saturated heterocycles. The lowest BCUT2D eigenvalue weighted by Gasteiger charge is -2.31. The highest BCUT2D eigenvalue weighted by molar-refractivity contribution is 6.09. The highest BCUT2D eigenvalue weighted by Gasteiger charge is 2.32. The molecule has 2 aromatic heterocycles. The summed E-state index contributed by atoms with van der Waals surface area (Å²) in [5, 5.41) is 2.47. The van der Waals surface area contributed by atoms with Gasteiger partial charge in [-0.15, -0.1) is 0 Å². The van der Waals surface area contributed by atoms with E-state index in [4.69, 9.17) is 4.98 Å². The van der Waals surface area contributed by atoms with Crippen molar-refractivity contribution in [1.82, 2.24) is 9.55 Å². The van der Waals surface area contributed by atoms with Crippen LogP contribution in [-0.2, 0) is 5.41 Å². The molecule has 0 saturated carbocycles. The smallest absolute Gasteiger partial charge is 0.137 e. The predicted molar refractivity (Wildman–Crippen MR) is 247 cm³/mol. The Morgan fingerprint density at radius 2 is 1.14 bits per heavy atom. The molecular weight excluding hydrogens is 705 g/mol. The van der Waals surface area contributed by atoms with Crippen molar-refractivity contribution in [2.24, 2.45) is 0 Å². The standard InChI is InChI=1S/C54H54N4/c1-35(2)38-30-46(36(3)4)53(47(31-38)37(5)6)39-28-41(32-43(29-39)57-34-56(42-18-10-9-11-19-42)49-22-14-15-23-50(49)57)54(7,8)40-25-26-45-44-20-12-13-21-48(44)58(51(45)33-40)52-24-16-17-27-55-52/h9-33,35-37H,34H2,1-8H3. The van der Waals surface area contributed by atoms with Crippen LogP contribution in [0.15, 0.2) is 152 Å². The minimum absolute atomic E-state index is 0.351. The number of fused-ring (bicyclic) bond motifs is 4. The van der Waals surface area contributed by atoms with Crippen molar-refractivity contribution in [3.8, 4) is 16.9 Å². The third-order valence-corrected chi connectivity index (χ3v) is 12.5. The summed E-state index contributed by atoms with van der Waals surface area (Å²) in [7, 11) is 0. The first kappa shape index (κ1) is 37.4. The summed E-state index contributed by atoms with van der Waals surface area (Å²) < 4.78 is 2.32. The predicted octanol–water partition coefficient (Wildman–Crippen LogP) is 14.8. The maximum atomic E-state index is 4.83. The van der Waals surface area contributed by atoms with Crippen LogP contribution >= 0.6 is 0 Å². The van der Waals surface area contributed by atoms with Crippen LogP contribution in [0.2, 0.25) is 0 Å². The van der Waals surface area contributed by atoms with E-state index in [1.807, 2.05) is 12.3 Å². The van der Waals surface area contributed by atoms with Crippen LogP contribution in [0.4, 0.5) is 22.7 Å². The minimum atomic E-state index is -0.351. The highest BCUT2D eigenvalue weighted by Crippen LogP contribution is 2.48. The summed E-state index contributed by atoms with van der Waals surface area (Å²) in [6, 6.07) is 54.0. The summed E-state index contributed by atoms with van der Waals surface area (Å²) in [5.41, 5.74) is 16.3. The van der Waals surface area contributed by atoms with Gasteiger partial charge < -0.3 is 9.80 Å². The highest BCUT2D eigenvalue weighted by atomic mass is 15.4. The Morgan fingerprint density at radius 3 is 1.79 bits per heavy atom. The van der Waals surface area contributed by atoms with Gasteiger partial charge in [0.15, 0.2) is 0 Å². The van der Waals surface area contributed by atoms with Crippen LogP contribution in [0, 0.1) is 0 Å². The van der Waals surface area contributed by atoms with Crippen molar-refractivity contribution in [2.45, 2.75) is 78.6 Å². The molecule has 1 aliphatic rings. The maximum Gasteiger partial charge on any atom is 0.137 e. The van der Waals surface area contributed by atoms with Gasteiger partial charge in [-0.25, -0.2) is 4.98 Å². The lowest BCUT2D eigenvalue weighted by Crippen LogP contribution is -2.25. The van der Waals surface area contributed by atoms with E-state index in [1.165, 1.54) is 83.5 Å². The molecule has 290 valence electrons. The van der Waals surface area contributed by atoms with Crippen LogP contribution in [0.1, 0.15) is 101 Å². The summed E-state index contributed by atoms with van der Waals surface area (Å²) in [5.74, 6) is 2.11. The molecule has 4 heteroatoms. The van der Waals surface area contributed by atoms with Crippen molar-refractivity contribution >= 4 is 44.6 Å². The number of anilines is 4. The van der Waals surface area contributed by atoms with Crippen LogP contribution in [0.5, 0.6) is 0 Å². The second-order valence-corrected chi connectivity index (χ2v) is 17.5. The largest absolute Gasteiger partial charge is 0.321 e. The average molecular weight is 759 g/mol. The van der Waals surface area contributed by atoms with Crippen LogP contribution in [0.25, 0.3) is 38.8 Å². The van der Waals surface area contributed by atoms with E-state index < -0.39 is 0 Å². The molecule has 9 rings (SSSR count). The van der Waals surface area contributed by atoms with Crippen molar-refractivity contribution in [2.75, 3.05) is 16.5 Å². The van der Waals surface area contributed by atoms with E-state index in [-0.39, 0.29) is 5.41 Å². The van der Waals surface area contributed by atoms with E-state index in [0.29, 0.717) is 17.8 Å². The lowest BCUT2D eigenvalue weighted by atomic mass is 9.75. The van der Waals surface area contributed by atoms with Gasteiger partial charge in [0, 0.05) is 33.8 Å². The first-order valence-corrected chi connectivity index (χ1v) is 21.0. The van der Waals surface area contributed by atoms with Gasteiger partial charge >= 0.3 is 0 Å². The second kappa shape index (κ2) is 14.7. The van der Waals surface area contributed by atoms with Crippen molar-refractivity contribution < 1.29 is 0 Å². The molecule has 0 N–H and O–H groups in total. The van der Waals surface area contributed by atoms with Gasteiger partial charge in [0.25, 0.3) is 0 Å². The number of aromatic nitrogens is 2. The molecule has 0 unspecified atom stereocenters. The number of hydrogen-bond acceptors (Lipinski definition) is 3. The molecule has 6 aromatic carbocycles. The Labute approximate surface area is 344 Å². The van der Waals surface area contributed by atoms with Gasteiger partial charge in [-0.1, -0.05) is 140 Å². The molecule has 1 aliphatic heterocycles. The number of pyridine rings is 1. The third kappa shape index (κ3) is 6.36. The average Bonchev–Trinajstić information content (AvgIpc) is 3.80. The molecule has 0 radical (unpaired) electrons. The number of hydrogen-bond donors (Lipinski definition) is 0. The van der Waals surface area contributed by atoms with E-state index in [1.54, 1.807) is 0 Å². The fourth-order valence-electron chi connectivity index (χ4n) is 9.08. The first-order chi connectivity index (χ1) is 28.0. The number of nitrogens with zero attached hydrogens (tertiary/aromatic N) is 4. The number of para-hydroxylation sites is 4. The van der Waals surface area contributed by atoms with Gasteiger partial charge in [0.1, 0.15) is 12.5 Å². The van der Waals surface area contributed by atoms with Gasteiger partial charge in [-0.3, -0.25) is 4.57 Å². The van der Waals surface area contributed by atoms with Crippen LogP contribution in [-0.4, -0.2) is 16.2 Å². The van der Waals surface area contributed by atoms with E-state index >= 15 is 0 Å². The summed E-state index contributed by atoms with van der Waals surface area (Å²) in [6.45, 7) is 19.6. The SMILES string of the molecule is CC(C)c1cc(C(C)C)c(-c2cc(N3CN(c4ccccc4)c4ccccc43)cc(C(C)(C)c3ccc4c5ccccc5n(-c5ccccn5)c4c3)c2)c(C(C)C)c1. The Balaban J connectivity index is 1.28. The number of rotatable bonds is 9. The summed E-state index contributed by atoms with van der Waals surface area (Å²) >= 11 is 0. The normalized spacial score (nSPS) is 13.2. The molecule has 0 aliphatic carbocycles. The summed E-state index contributed by atoms with van der Waals surface area (Å²) in [6.07, 6.45) is 1.89. The zero-order valence-corrected chi connectivity index (χ0v) is 35.2. The first-order valence-electron chi connectivity index (χ1n) is 21.0. The fraction of sp³-hybridized carbons (Fsp3) is 0.241.